The molecular weight excluding hydrogens is 278 g/mol. The van der Waals surface area contributed by atoms with E-state index in [9.17, 15) is 9.59 Å². The lowest BCUT2D eigenvalue weighted by Gasteiger charge is -2.24. The van der Waals surface area contributed by atoms with Crippen LogP contribution in [0.15, 0.2) is 60.7 Å². The fourth-order valence-electron chi connectivity index (χ4n) is 2.02. The summed E-state index contributed by atoms with van der Waals surface area (Å²) in [5.74, 6) is -0.162. The van der Waals surface area contributed by atoms with Gasteiger partial charge in [0.1, 0.15) is 12.1 Å². The first-order valence-corrected chi connectivity index (χ1v) is 7.08. The van der Waals surface area contributed by atoms with E-state index >= 15 is 0 Å². The largest absolute Gasteiger partial charge is 0.445 e. The molecule has 0 saturated carbocycles. The van der Waals surface area contributed by atoms with Crippen molar-refractivity contribution < 1.29 is 14.3 Å². The minimum atomic E-state index is -1.03. The summed E-state index contributed by atoms with van der Waals surface area (Å²) in [6, 6.07) is 18.2. The molecule has 0 aliphatic rings. The van der Waals surface area contributed by atoms with E-state index in [0.717, 1.165) is 5.56 Å². The summed E-state index contributed by atoms with van der Waals surface area (Å²) in [6.07, 6.45) is -0.613. The van der Waals surface area contributed by atoms with Gasteiger partial charge >= 0.3 is 6.09 Å². The summed E-state index contributed by atoms with van der Waals surface area (Å²) in [5, 5.41) is 2.61. The Balaban J connectivity index is 1.93. The second-order valence-corrected chi connectivity index (χ2v) is 5.51. The highest BCUT2D eigenvalue weighted by Crippen LogP contribution is 2.13. The molecule has 0 radical (unpaired) electrons. The van der Waals surface area contributed by atoms with Gasteiger partial charge in [-0.3, -0.25) is 4.79 Å². The van der Waals surface area contributed by atoms with Crippen molar-refractivity contribution in [3.63, 3.8) is 0 Å². The molecule has 22 heavy (non-hydrogen) atoms. The van der Waals surface area contributed by atoms with Crippen molar-refractivity contribution >= 4 is 11.9 Å². The van der Waals surface area contributed by atoms with Gasteiger partial charge in [-0.25, -0.2) is 4.79 Å². The predicted octanol–water partition coefficient (Wildman–Crippen LogP) is 3.57. The molecular formula is C18H19NO3. The number of carbonyl (C=O) groups is 2. The van der Waals surface area contributed by atoms with Gasteiger partial charge in [0.2, 0.25) is 0 Å². The van der Waals surface area contributed by atoms with Crippen LogP contribution in [0.1, 0.15) is 29.8 Å². The van der Waals surface area contributed by atoms with Crippen LogP contribution in [0, 0.1) is 0 Å². The first-order valence-electron chi connectivity index (χ1n) is 7.08. The quantitative estimate of drug-likeness (QED) is 0.858. The summed E-state index contributed by atoms with van der Waals surface area (Å²) in [4.78, 5) is 24.3. The molecule has 2 aromatic carbocycles. The van der Waals surface area contributed by atoms with Crippen LogP contribution in [0.25, 0.3) is 0 Å². The number of rotatable bonds is 5. The molecule has 114 valence electrons. The first-order chi connectivity index (χ1) is 10.5. The fraction of sp³-hybridized carbons (Fsp3) is 0.222. The first kappa shape index (κ1) is 15.8. The molecule has 2 aromatic rings. The van der Waals surface area contributed by atoms with Gasteiger partial charge < -0.3 is 10.1 Å². The molecule has 0 saturated heterocycles. The Labute approximate surface area is 130 Å². The Morgan fingerprint density at radius 2 is 1.50 bits per heavy atom. The lowest BCUT2D eigenvalue weighted by atomic mass is 9.93. The highest BCUT2D eigenvalue weighted by molar-refractivity contribution is 6.04. The van der Waals surface area contributed by atoms with Crippen LogP contribution in [-0.2, 0) is 11.3 Å². The van der Waals surface area contributed by atoms with E-state index in [1.165, 1.54) is 0 Å². The van der Waals surface area contributed by atoms with Crippen LogP contribution in [0.3, 0.4) is 0 Å². The Kier molecular flexibility index (Phi) is 4.94. The van der Waals surface area contributed by atoms with E-state index < -0.39 is 11.6 Å². The van der Waals surface area contributed by atoms with E-state index in [2.05, 4.69) is 5.32 Å². The number of amides is 1. The van der Waals surface area contributed by atoms with Crippen LogP contribution in [-0.4, -0.2) is 17.4 Å². The molecule has 0 aliphatic carbocycles. The van der Waals surface area contributed by atoms with Crippen LogP contribution >= 0.6 is 0 Å². The summed E-state index contributed by atoms with van der Waals surface area (Å²) in [6.45, 7) is 3.49. The maximum Gasteiger partial charge on any atom is 0.408 e. The standard InChI is InChI=1S/C18H19NO3/c1-18(2,16(20)15-11-7-4-8-12-15)19-17(21)22-13-14-9-5-3-6-10-14/h3-12H,13H2,1-2H3,(H,19,21). The van der Waals surface area contributed by atoms with Crippen molar-refractivity contribution in [1.29, 1.82) is 0 Å². The van der Waals surface area contributed by atoms with Crippen LogP contribution in [0.4, 0.5) is 4.79 Å². The second kappa shape index (κ2) is 6.89. The monoisotopic (exact) mass is 297 g/mol. The van der Waals surface area contributed by atoms with Crippen LogP contribution < -0.4 is 5.32 Å². The minimum Gasteiger partial charge on any atom is -0.445 e. The van der Waals surface area contributed by atoms with Crippen molar-refractivity contribution in [3.8, 4) is 0 Å². The Morgan fingerprint density at radius 3 is 2.09 bits per heavy atom. The van der Waals surface area contributed by atoms with Gasteiger partial charge in [0, 0.05) is 5.56 Å². The maximum atomic E-state index is 12.4. The van der Waals surface area contributed by atoms with Gasteiger partial charge in [-0.15, -0.1) is 0 Å². The number of ketones is 1. The summed E-state index contributed by atoms with van der Waals surface area (Å²) >= 11 is 0. The zero-order valence-corrected chi connectivity index (χ0v) is 12.7. The lowest BCUT2D eigenvalue weighted by molar-refractivity contribution is 0.0846. The number of benzene rings is 2. The number of alkyl carbamates (subject to hydrolysis) is 1. The van der Waals surface area contributed by atoms with Gasteiger partial charge in [0.15, 0.2) is 5.78 Å². The summed E-state index contributed by atoms with van der Waals surface area (Å²) in [7, 11) is 0. The van der Waals surface area contributed by atoms with Crippen LogP contribution in [0.5, 0.6) is 0 Å². The normalized spacial score (nSPS) is 10.8. The average molecular weight is 297 g/mol. The number of Topliss-reactive ketones (excluding diaryl/α,β-unsaturated/α-hetero) is 1. The average Bonchev–Trinajstić information content (AvgIpc) is 2.53. The summed E-state index contributed by atoms with van der Waals surface area (Å²) in [5.41, 5.74) is 0.412. The molecule has 1 amide bonds. The van der Waals surface area contributed by atoms with E-state index in [1.807, 2.05) is 36.4 Å². The molecule has 0 atom stereocenters. The van der Waals surface area contributed by atoms with Crippen molar-refractivity contribution in [2.24, 2.45) is 0 Å². The van der Waals surface area contributed by atoms with E-state index in [4.69, 9.17) is 4.74 Å². The zero-order chi connectivity index (χ0) is 16.0. The number of nitrogens with one attached hydrogen (secondary N) is 1. The van der Waals surface area contributed by atoms with Crippen molar-refractivity contribution in [2.45, 2.75) is 26.0 Å². The zero-order valence-electron chi connectivity index (χ0n) is 12.7. The van der Waals surface area contributed by atoms with Crippen LogP contribution in [0.2, 0.25) is 0 Å². The Morgan fingerprint density at radius 1 is 0.955 bits per heavy atom. The number of hydrogen-bond acceptors (Lipinski definition) is 3. The maximum absolute atomic E-state index is 12.4. The molecule has 0 bridgehead atoms. The minimum absolute atomic E-state index is 0.162. The molecule has 0 unspecified atom stereocenters. The lowest BCUT2D eigenvalue weighted by Crippen LogP contribution is -2.49. The SMILES string of the molecule is CC(C)(NC(=O)OCc1ccccc1)C(=O)c1ccccc1. The van der Waals surface area contributed by atoms with Gasteiger partial charge in [0.05, 0.1) is 0 Å². The topological polar surface area (TPSA) is 55.4 Å². The molecule has 4 nitrogen and oxygen atoms in total. The number of ether oxygens (including phenoxy) is 1. The molecule has 2 rings (SSSR count). The Hall–Kier alpha value is -2.62. The molecule has 0 aliphatic heterocycles. The molecule has 1 N–H and O–H groups in total. The summed E-state index contributed by atoms with van der Waals surface area (Å²) < 4.78 is 5.15. The molecule has 0 heterocycles. The third-order valence-electron chi connectivity index (χ3n) is 3.23. The number of carbonyl (C=O) groups excluding carboxylic acids is 2. The third-order valence-corrected chi connectivity index (χ3v) is 3.23. The third kappa shape index (κ3) is 4.19. The van der Waals surface area contributed by atoms with E-state index in [0.29, 0.717) is 5.56 Å². The molecule has 0 spiro atoms. The van der Waals surface area contributed by atoms with Crippen molar-refractivity contribution in [2.75, 3.05) is 0 Å². The molecule has 0 fully saturated rings. The van der Waals surface area contributed by atoms with Gasteiger partial charge in [-0.2, -0.15) is 0 Å². The van der Waals surface area contributed by atoms with Gasteiger partial charge in [0.25, 0.3) is 0 Å². The fourth-order valence-corrected chi connectivity index (χ4v) is 2.02. The van der Waals surface area contributed by atoms with Crippen molar-refractivity contribution in [1.82, 2.24) is 5.32 Å². The van der Waals surface area contributed by atoms with Gasteiger partial charge in [-0.05, 0) is 19.4 Å². The smallest absolute Gasteiger partial charge is 0.408 e. The highest BCUT2D eigenvalue weighted by Gasteiger charge is 2.30. The molecule has 4 heteroatoms. The van der Waals surface area contributed by atoms with E-state index in [1.54, 1.807) is 38.1 Å². The highest BCUT2D eigenvalue weighted by atomic mass is 16.5. The second-order valence-electron chi connectivity index (χ2n) is 5.51. The van der Waals surface area contributed by atoms with Crippen molar-refractivity contribution in [3.05, 3.63) is 71.8 Å². The number of hydrogen-bond donors (Lipinski definition) is 1. The van der Waals surface area contributed by atoms with Gasteiger partial charge in [-0.1, -0.05) is 60.7 Å². The predicted molar refractivity (Wildman–Crippen MR) is 84.6 cm³/mol. The molecule has 0 aromatic heterocycles. The Bertz CT molecular complexity index is 636. The van der Waals surface area contributed by atoms with E-state index in [-0.39, 0.29) is 12.4 Å².